The maximum atomic E-state index is 12.5. The number of halogens is 3. The van der Waals surface area contributed by atoms with E-state index in [0.717, 1.165) is 10.7 Å². The van der Waals surface area contributed by atoms with Crippen molar-refractivity contribution in [1.29, 1.82) is 0 Å². The van der Waals surface area contributed by atoms with E-state index >= 15 is 0 Å². The summed E-state index contributed by atoms with van der Waals surface area (Å²) in [6.07, 6.45) is -4.48. The number of esters is 1. The molecule has 1 aromatic rings. The highest BCUT2D eigenvalue weighted by Gasteiger charge is 2.36. The van der Waals surface area contributed by atoms with Crippen LogP contribution in [0.25, 0.3) is 0 Å². The summed E-state index contributed by atoms with van der Waals surface area (Å²) in [6, 6.07) is 0.932. The van der Waals surface area contributed by atoms with Crippen LogP contribution in [0.4, 0.5) is 19.0 Å². The van der Waals surface area contributed by atoms with Gasteiger partial charge in [0.25, 0.3) is 0 Å². The first-order valence-electron chi connectivity index (χ1n) is 5.47. The Balaban J connectivity index is 2.15. The largest absolute Gasteiger partial charge is 0.466 e. The molecule has 1 aromatic heterocycles. The molecule has 1 atom stereocenters. The number of aromatic nitrogens is 2. The van der Waals surface area contributed by atoms with Gasteiger partial charge in [-0.25, -0.2) is 4.68 Å². The smallest absolute Gasteiger partial charge is 0.435 e. The topological polar surface area (TPSA) is 56.1 Å². The summed E-state index contributed by atoms with van der Waals surface area (Å²) in [7, 11) is 0. The molecular weight excluding hydrogens is 251 g/mol. The van der Waals surface area contributed by atoms with Gasteiger partial charge in [0.1, 0.15) is 5.82 Å². The molecule has 0 saturated heterocycles. The maximum Gasteiger partial charge on any atom is 0.435 e. The molecule has 100 valence electrons. The van der Waals surface area contributed by atoms with E-state index in [1.54, 1.807) is 6.92 Å². The van der Waals surface area contributed by atoms with Crippen LogP contribution >= 0.6 is 0 Å². The number of nitrogens with one attached hydrogen (secondary N) is 1. The van der Waals surface area contributed by atoms with Crippen molar-refractivity contribution >= 4 is 11.8 Å². The van der Waals surface area contributed by atoms with Gasteiger partial charge in [-0.2, -0.15) is 18.3 Å². The molecule has 1 N–H and O–H groups in total. The van der Waals surface area contributed by atoms with Crippen molar-refractivity contribution in [3.63, 3.8) is 0 Å². The fourth-order valence-electron chi connectivity index (χ4n) is 1.76. The Morgan fingerprint density at radius 2 is 2.39 bits per heavy atom. The molecule has 0 bridgehead atoms. The summed E-state index contributed by atoms with van der Waals surface area (Å²) in [6.45, 7) is 2.27. The standard InChI is InChI=1S/C10H12F3N3O2/c1-2-18-9(17)6-4-14-8-3-7(10(11,12)13)15-16(8)5-6/h3,6,14H,2,4-5H2,1H3. The number of rotatable bonds is 2. The second-order valence-electron chi connectivity index (χ2n) is 3.92. The molecule has 8 heteroatoms. The lowest BCUT2D eigenvalue weighted by Gasteiger charge is -2.23. The lowest BCUT2D eigenvalue weighted by atomic mass is 10.1. The molecule has 0 fully saturated rings. The summed E-state index contributed by atoms with van der Waals surface area (Å²) < 4.78 is 43.3. The number of hydrogen-bond acceptors (Lipinski definition) is 4. The fourth-order valence-corrected chi connectivity index (χ4v) is 1.76. The van der Waals surface area contributed by atoms with E-state index in [2.05, 4.69) is 10.4 Å². The van der Waals surface area contributed by atoms with E-state index in [0.29, 0.717) is 0 Å². The minimum atomic E-state index is -4.48. The summed E-state index contributed by atoms with van der Waals surface area (Å²) in [5, 5.41) is 6.18. The molecular formula is C10H12F3N3O2. The number of anilines is 1. The molecule has 0 saturated carbocycles. The maximum absolute atomic E-state index is 12.5. The van der Waals surface area contributed by atoms with Gasteiger partial charge in [0.05, 0.1) is 19.1 Å². The van der Waals surface area contributed by atoms with Gasteiger partial charge in [-0.1, -0.05) is 0 Å². The van der Waals surface area contributed by atoms with Gasteiger partial charge in [-0.15, -0.1) is 0 Å². The van der Waals surface area contributed by atoms with Gasteiger partial charge in [-0.05, 0) is 6.92 Å². The third-order valence-electron chi connectivity index (χ3n) is 2.61. The Labute approximate surface area is 101 Å². The third kappa shape index (κ3) is 2.41. The number of carbonyl (C=O) groups is 1. The molecule has 0 amide bonds. The van der Waals surface area contributed by atoms with Gasteiger partial charge in [0.15, 0.2) is 5.69 Å². The van der Waals surface area contributed by atoms with Crippen molar-refractivity contribution in [3.8, 4) is 0 Å². The highest BCUT2D eigenvalue weighted by Crippen LogP contribution is 2.31. The summed E-state index contributed by atoms with van der Waals surface area (Å²) in [5.41, 5.74) is -0.963. The van der Waals surface area contributed by atoms with Crippen LogP contribution in [0, 0.1) is 5.92 Å². The van der Waals surface area contributed by atoms with Crippen molar-refractivity contribution < 1.29 is 22.7 Å². The molecule has 1 aliphatic heterocycles. The van der Waals surface area contributed by atoms with Crippen LogP contribution in [0.1, 0.15) is 12.6 Å². The van der Waals surface area contributed by atoms with Gasteiger partial charge < -0.3 is 10.1 Å². The lowest BCUT2D eigenvalue weighted by molar-refractivity contribution is -0.148. The van der Waals surface area contributed by atoms with Crippen LogP contribution in [0.3, 0.4) is 0 Å². The molecule has 2 rings (SSSR count). The molecule has 0 aliphatic carbocycles. The monoisotopic (exact) mass is 263 g/mol. The minimum Gasteiger partial charge on any atom is -0.466 e. The number of ether oxygens (including phenoxy) is 1. The van der Waals surface area contributed by atoms with Crippen LogP contribution in [-0.2, 0) is 22.3 Å². The van der Waals surface area contributed by atoms with E-state index < -0.39 is 23.8 Å². The van der Waals surface area contributed by atoms with Gasteiger partial charge in [0, 0.05) is 12.6 Å². The van der Waals surface area contributed by atoms with Crippen LogP contribution in [-0.4, -0.2) is 28.9 Å². The van der Waals surface area contributed by atoms with E-state index in [-0.39, 0.29) is 25.5 Å². The first-order valence-corrected chi connectivity index (χ1v) is 5.47. The van der Waals surface area contributed by atoms with Gasteiger partial charge in [0.2, 0.25) is 0 Å². The predicted octanol–water partition coefficient (Wildman–Crippen LogP) is 1.51. The Bertz CT molecular complexity index is 456. The number of fused-ring (bicyclic) bond motifs is 1. The average molecular weight is 263 g/mol. The molecule has 18 heavy (non-hydrogen) atoms. The zero-order valence-electron chi connectivity index (χ0n) is 9.62. The van der Waals surface area contributed by atoms with E-state index in [1.807, 2.05) is 0 Å². The van der Waals surface area contributed by atoms with Gasteiger partial charge >= 0.3 is 12.1 Å². The van der Waals surface area contributed by atoms with E-state index in [1.165, 1.54) is 0 Å². The predicted molar refractivity (Wildman–Crippen MR) is 55.8 cm³/mol. The summed E-state index contributed by atoms with van der Waals surface area (Å²) in [4.78, 5) is 11.5. The summed E-state index contributed by atoms with van der Waals surface area (Å²) >= 11 is 0. The van der Waals surface area contributed by atoms with Crippen LogP contribution in [0.5, 0.6) is 0 Å². The normalized spacial score (nSPS) is 19.0. The molecule has 5 nitrogen and oxygen atoms in total. The van der Waals surface area contributed by atoms with Gasteiger partial charge in [-0.3, -0.25) is 4.79 Å². The highest BCUT2D eigenvalue weighted by molar-refractivity contribution is 5.73. The first-order chi connectivity index (χ1) is 8.41. The van der Waals surface area contributed by atoms with Crippen molar-refractivity contribution in [2.45, 2.75) is 19.6 Å². The van der Waals surface area contributed by atoms with Crippen LogP contribution in [0.15, 0.2) is 6.07 Å². The second kappa shape index (κ2) is 4.51. The number of hydrogen-bond donors (Lipinski definition) is 1. The summed E-state index contributed by atoms with van der Waals surface area (Å²) in [5.74, 6) is -0.680. The average Bonchev–Trinajstić information content (AvgIpc) is 2.71. The van der Waals surface area contributed by atoms with Crippen molar-refractivity contribution in [2.24, 2.45) is 5.92 Å². The zero-order chi connectivity index (χ0) is 13.3. The van der Waals surface area contributed by atoms with Crippen molar-refractivity contribution in [1.82, 2.24) is 9.78 Å². The molecule has 0 spiro atoms. The quantitative estimate of drug-likeness (QED) is 0.822. The van der Waals surface area contributed by atoms with E-state index in [9.17, 15) is 18.0 Å². The third-order valence-corrected chi connectivity index (χ3v) is 2.61. The number of alkyl halides is 3. The molecule has 2 heterocycles. The Hall–Kier alpha value is -1.73. The lowest BCUT2D eigenvalue weighted by Crippen LogP contribution is -2.34. The molecule has 1 unspecified atom stereocenters. The molecule has 1 aliphatic rings. The highest BCUT2D eigenvalue weighted by atomic mass is 19.4. The number of carbonyl (C=O) groups excluding carboxylic acids is 1. The molecule has 0 radical (unpaired) electrons. The minimum absolute atomic E-state index is 0.0945. The number of nitrogens with zero attached hydrogens (tertiary/aromatic N) is 2. The zero-order valence-corrected chi connectivity index (χ0v) is 9.62. The van der Waals surface area contributed by atoms with Crippen LogP contribution < -0.4 is 5.32 Å². The molecule has 0 aromatic carbocycles. The Morgan fingerprint density at radius 3 is 3.00 bits per heavy atom. The Kier molecular flexibility index (Phi) is 3.18. The first kappa shape index (κ1) is 12.7. The van der Waals surface area contributed by atoms with Crippen molar-refractivity contribution in [2.75, 3.05) is 18.5 Å². The Morgan fingerprint density at radius 1 is 1.67 bits per heavy atom. The van der Waals surface area contributed by atoms with E-state index in [4.69, 9.17) is 4.74 Å². The SMILES string of the molecule is CCOC(=O)C1CNc2cc(C(F)(F)F)nn2C1. The van der Waals surface area contributed by atoms with Crippen LogP contribution in [0.2, 0.25) is 0 Å². The van der Waals surface area contributed by atoms with Crippen molar-refractivity contribution in [3.05, 3.63) is 11.8 Å². The fraction of sp³-hybridized carbons (Fsp3) is 0.600. The second-order valence-corrected chi connectivity index (χ2v) is 3.92.